The van der Waals surface area contributed by atoms with Crippen LogP contribution in [0.3, 0.4) is 0 Å². The van der Waals surface area contributed by atoms with Crippen LogP contribution in [0.2, 0.25) is 0 Å². The van der Waals surface area contributed by atoms with E-state index in [0.29, 0.717) is 17.4 Å². The summed E-state index contributed by atoms with van der Waals surface area (Å²) in [7, 11) is -3.74. The van der Waals surface area contributed by atoms with Crippen LogP contribution >= 0.6 is 0 Å². The van der Waals surface area contributed by atoms with E-state index in [0.717, 1.165) is 31.0 Å². The lowest BCUT2D eigenvalue weighted by Crippen LogP contribution is -2.49. The molecule has 2 aromatic rings. The van der Waals surface area contributed by atoms with Gasteiger partial charge in [0.25, 0.3) is 10.0 Å². The Morgan fingerprint density at radius 1 is 1.29 bits per heavy atom. The van der Waals surface area contributed by atoms with Crippen LogP contribution in [0.25, 0.3) is 0 Å². The lowest BCUT2D eigenvalue weighted by molar-refractivity contribution is 0.447. The Morgan fingerprint density at radius 2 is 2.00 bits per heavy atom. The Kier molecular flexibility index (Phi) is 6.20. The number of nitrogens with zero attached hydrogens (tertiary/aromatic N) is 2. The second-order valence-electron chi connectivity index (χ2n) is 7.33. The fourth-order valence-electron chi connectivity index (χ4n) is 3.24. The first-order valence-electron chi connectivity index (χ1n) is 9.45. The number of nitrogens with one attached hydrogen (secondary N) is 2. The summed E-state index contributed by atoms with van der Waals surface area (Å²) >= 11 is 0. The Bertz CT molecular complexity index is 918. The molecule has 1 saturated heterocycles. The van der Waals surface area contributed by atoms with Gasteiger partial charge >= 0.3 is 0 Å². The molecule has 0 bridgehead atoms. The number of hydrogen-bond donors (Lipinski definition) is 2. The number of pyridine rings is 1. The highest BCUT2D eigenvalue weighted by Crippen LogP contribution is 2.24. The van der Waals surface area contributed by atoms with Gasteiger partial charge in [-0.2, -0.15) is 0 Å². The van der Waals surface area contributed by atoms with Crippen molar-refractivity contribution >= 4 is 21.5 Å². The average Bonchev–Trinajstić information content (AvgIpc) is 2.69. The lowest BCUT2D eigenvalue weighted by Gasteiger charge is -2.33. The van der Waals surface area contributed by atoms with E-state index in [-0.39, 0.29) is 10.8 Å². The standard InChI is InChI=1S/C20H27FN4O2S/c1-14(12-21)17-4-6-18(7-5-17)28(26,27)24-19-8-9-20(23-16(19)3)25-11-10-22-15(2)13-25/h4-9,14-15,22,24H,10-13H2,1-3H3/t14?,15-/m1/s1. The zero-order chi connectivity index (χ0) is 20.3. The van der Waals surface area contributed by atoms with Crippen molar-refractivity contribution in [2.45, 2.75) is 37.6 Å². The molecule has 2 heterocycles. The van der Waals surface area contributed by atoms with Gasteiger partial charge in [0.05, 0.1) is 23.0 Å². The number of sulfonamides is 1. The molecule has 1 aromatic carbocycles. The van der Waals surface area contributed by atoms with Crippen molar-refractivity contribution in [3.05, 3.63) is 47.7 Å². The number of hydrogen-bond acceptors (Lipinski definition) is 5. The first-order chi connectivity index (χ1) is 13.3. The maximum atomic E-state index is 12.8. The summed E-state index contributed by atoms with van der Waals surface area (Å²) in [5.74, 6) is 0.592. The molecule has 3 rings (SSSR count). The summed E-state index contributed by atoms with van der Waals surface area (Å²) in [5, 5.41) is 3.39. The van der Waals surface area contributed by atoms with Crippen LogP contribution in [-0.2, 0) is 10.0 Å². The van der Waals surface area contributed by atoms with Gasteiger partial charge in [-0.3, -0.25) is 9.11 Å². The zero-order valence-electron chi connectivity index (χ0n) is 16.4. The lowest BCUT2D eigenvalue weighted by atomic mass is 10.0. The van der Waals surface area contributed by atoms with Crippen molar-refractivity contribution in [2.24, 2.45) is 0 Å². The van der Waals surface area contributed by atoms with E-state index in [1.165, 1.54) is 12.1 Å². The van der Waals surface area contributed by atoms with Gasteiger partial charge in [0.2, 0.25) is 0 Å². The summed E-state index contributed by atoms with van der Waals surface area (Å²) < 4.78 is 40.8. The molecule has 1 aliphatic heterocycles. The van der Waals surface area contributed by atoms with Gasteiger partial charge in [-0.1, -0.05) is 19.1 Å². The quantitative estimate of drug-likeness (QED) is 0.771. The van der Waals surface area contributed by atoms with Crippen molar-refractivity contribution in [1.29, 1.82) is 0 Å². The third-order valence-electron chi connectivity index (χ3n) is 5.00. The second kappa shape index (κ2) is 8.45. The Morgan fingerprint density at radius 3 is 2.61 bits per heavy atom. The van der Waals surface area contributed by atoms with Crippen LogP contribution in [0.1, 0.15) is 31.0 Å². The molecule has 28 heavy (non-hydrogen) atoms. The van der Waals surface area contributed by atoms with Gasteiger partial charge in [0.15, 0.2) is 0 Å². The van der Waals surface area contributed by atoms with E-state index >= 15 is 0 Å². The highest BCUT2D eigenvalue weighted by atomic mass is 32.2. The molecule has 152 valence electrons. The molecule has 1 unspecified atom stereocenters. The molecular formula is C20H27FN4O2S. The van der Waals surface area contributed by atoms with E-state index in [2.05, 4.69) is 26.8 Å². The first kappa shape index (κ1) is 20.5. The van der Waals surface area contributed by atoms with Crippen LogP contribution in [-0.4, -0.2) is 45.8 Å². The van der Waals surface area contributed by atoms with E-state index in [4.69, 9.17) is 0 Å². The molecule has 8 heteroatoms. The van der Waals surface area contributed by atoms with Gasteiger partial charge in [-0.25, -0.2) is 13.4 Å². The predicted molar refractivity (Wildman–Crippen MR) is 110 cm³/mol. The summed E-state index contributed by atoms with van der Waals surface area (Å²) in [5.41, 5.74) is 1.84. The van der Waals surface area contributed by atoms with E-state index in [9.17, 15) is 12.8 Å². The third kappa shape index (κ3) is 4.62. The van der Waals surface area contributed by atoms with Crippen molar-refractivity contribution in [1.82, 2.24) is 10.3 Å². The molecule has 0 aliphatic carbocycles. The maximum Gasteiger partial charge on any atom is 0.261 e. The fourth-order valence-corrected chi connectivity index (χ4v) is 4.36. The molecule has 2 atom stereocenters. The minimum absolute atomic E-state index is 0.140. The van der Waals surface area contributed by atoms with E-state index in [1.54, 1.807) is 32.0 Å². The summed E-state index contributed by atoms with van der Waals surface area (Å²) in [6.07, 6.45) is 0. The number of aromatic nitrogens is 1. The molecule has 0 radical (unpaired) electrons. The predicted octanol–water partition coefficient (Wildman–Crippen LogP) is 3.06. The molecule has 1 fully saturated rings. The molecule has 1 aromatic heterocycles. The van der Waals surface area contributed by atoms with E-state index < -0.39 is 16.7 Å². The monoisotopic (exact) mass is 406 g/mol. The number of anilines is 2. The smallest absolute Gasteiger partial charge is 0.261 e. The Labute approximate surface area is 166 Å². The summed E-state index contributed by atoms with van der Waals surface area (Å²) in [6.45, 7) is 7.82. The number of benzene rings is 1. The van der Waals surface area contributed by atoms with Gasteiger partial charge in [-0.05, 0) is 43.7 Å². The number of piperazine rings is 1. The summed E-state index contributed by atoms with van der Waals surface area (Å²) in [4.78, 5) is 6.92. The second-order valence-corrected chi connectivity index (χ2v) is 9.02. The summed E-state index contributed by atoms with van der Waals surface area (Å²) in [6, 6.07) is 10.3. The van der Waals surface area contributed by atoms with Gasteiger partial charge in [0, 0.05) is 31.6 Å². The van der Waals surface area contributed by atoms with Gasteiger partial charge in [-0.15, -0.1) is 0 Å². The van der Waals surface area contributed by atoms with Crippen molar-refractivity contribution in [3.8, 4) is 0 Å². The van der Waals surface area contributed by atoms with Crippen LogP contribution in [0.5, 0.6) is 0 Å². The van der Waals surface area contributed by atoms with Crippen LogP contribution in [0, 0.1) is 6.92 Å². The fraction of sp³-hybridized carbons (Fsp3) is 0.450. The molecule has 0 amide bonds. The molecule has 0 spiro atoms. The minimum Gasteiger partial charge on any atom is -0.354 e. The number of alkyl halides is 1. The molecule has 1 aliphatic rings. The number of halogens is 1. The third-order valence-corrected chi connectivity index (χ3v) is 6.38. The molecule has 6 nitrogen and oxygen atoms in total. The Balaban J connectivity index is 1.76. The van der Waals surface area contributed by atoms with Crippen LogP contribution < -0.4 is 14.9 Å². The Hall–Kier alpha value is -2.19. The minimum atomic E-state index is -3.74. The zero-order valence-corrected chi connectivity index (χ0v) is 17.3. The van der Waals surface area contributed by atoms with Crippen LogP contribution in [0.15, 0.2) is 41.3 Å². The number of rotatable bonds is 6. The van der Waals surface area contributed by atoms with Gasteiger partial charge in [0.1, 0.15) is 5.82 Å². The van der Waals surface area contributed by atoms with Crippen molar-refractivity contribution in [3.63, 3.8) is 0 Å². The molecular weight excluding hydrogens is 379 g/mol. The SMILES string of the molecule is Cc1nc(N2CCN[C@H](C)C2)ccc1NS(=O)(=O)c1ccc(C(C)CF)cc1. The maximum absolute atomic E-state index is 12.8. The highest BCUT2D eigenvalue weighted by molar-refractivity contribution is 7.92. The van der Waals surface area contributed by atoms with Gasteiger partial charge < -0.3 is 10.2 Å². The van der Waals surface area contributed by atoms with Crippen LogP contribution in [0.4, 0.5) is 15.9 Å². The average molecular weight is 407 g/mol. The highest BCUT2D eigenvalue weighted by Gasteiger charge is 2.20. The first-order valence-corrected chi connectivity index (χ1v) is 10.9. The van der Waals surface area contributed by atoms with Crippen molar-refractivity contribution in [2.75, 3.05) is 35.9 Å². The molecule has 2 N–H and O–H groups in total. The van der Waals surface area contributed by atoms with Crippen molar-refractivity contribution < 1.29 is 12.8 Å². The van der Waals surface area contributed by atoms with E-state index in [1.807, 2.05) is 6.07 Å². The normalized spacial score (nSPS) is 18.7. The number of aryl methyl sites for hydroxylation is 1. The topological polar surface area (TPSA) is 74.3 Å². The molecule has 0 saturated carbocycles. The largest absolute Gasteiger partial charge is 0.354 e.